The molecule has 8 nitrogen and oxygen atoms in total. The first-order valence-electron chi connectivity index (χ1n) is 10.9. The molecular weight excluding hydrogens is 496 g/mol. The third kappa shape index (κ3) is 5.67. The van der Waals surface area contributed by atoms with Crippen LogP contribution in [0.15, 0.2) is 71.3 Å². The Labute approximate surface area is 206 Å². The molecule has 0 aliphatic carbocycles. The van der Waals surface area contributed by atoms with Crippen LogP contribution in [0.2, 0.25) is 0 Å². The lowest BCUT2D eigenvalue weighted by atomic mass is 10.1. The van der Waals surface area contributed by atoms with E-state index in [9.17, 15) is 9.59 Å². The van der Waals surface area contributed by atoms with Crippen LogP contribution in [0.1, 0.15) is 26.3 Å². The number of pyridine rings is 1. The molecule has 2 amide bonds. The Balaban J connectivity index is 1.43. The topological polar surface area (TPSA) is 101 Å². The number of likely N-dealkylation sites (N-methyl/N-ethyl adjacent to an activating group) is 1. The van der Waals surface area contributed by atoms with Gasteiger partial charge in [0.05, 0.1) is 11.3 Å². The zero-order chi connectivity index (χ0) is 24.1. The summed E-state index contributed by atoms with van der Waals surface area (Å²) in [6.07, 6.45) is 1.59. The SMILES string of the molecule is CN1CCN(C(=N)c2ccc(C(=O)Nc3ccccc3C(=O)Nc3ccc(Br)cn3)cc2)CC1. The van der Waals surface area contributed by atoms with E-state index in [1.807, 2.05) is 4.90 Å². The van der Waals surface area contributed by atoms with Crippen molar-refractivity contribution in [3.8, 4) is 0 Å². The molecule has 0 unspecified atom stereocenters. The van der Waals surface area contributed by atoms with E-state index in [0.717, 1.165) is 36.2 Å². The van der Waals surface area contributed by atoms with Crippen LogP contribution >= 0.6 is 15.9 Å². The second-order valence-electron chi connectivity index (χ2n) is 8.03. The lowest BCUT2D eigenvalue weighted by Crippen LogP contribution is -2.47. The molecule has 0 radical (unpaired) electrons. The summed E-state index contributed by atoms with van der Waals surface area (Å²) in [4.78, 5) is 34.1. The number of rotatable bonds is 5. The van der Waals surface area contributed by atoms with E-state index in [1.165, 1.54) is 0 Å². The zero-order valence-corrected chi connectivity index (χ0v) is 20.3. The molecule has 1 aromatic heterocycles. The van der Waals surface area contributed by atoms with Crippen LogP contribution in [-0.4, -0.2) is 65.7 Å². The van der Waals surface area contributed by atoms with Gasteiger partial charge in [0.25, 0.3) is 11.8 Å². The minimum atomic E-state index is -0.373. The first-order chi connectivity index (χ1) is 16.4. The highest BCUT2D eigenvalue weighted by atomic mass is 79.9. The number of aromatic nitrogens is 1. The Bertz CT molecular complexity index is 1190. The minimum absolute atomic E-state index is 0.328. The Morgan fingerprint density at radius 3 is 2.24 bits per heavy atom. The van der Waals surface area contributed by atoms with Gasteiger partial charge in [0.15, 0.2) is 0 Å². The van der Waals surface area contributed by atoms with Gasteiger partial charge in [0.1, 0.15) is 11.7 Å². The number of nitrogens with one attached hydrogen (secondary N) is 3. The van der Waals surface area contributed by atoms with Crippen molar-refractivity contribution in [2.75, 3.05) is 43.9 Å². The molecule has 1 aliphatic rings. The van der Waals surface area contributed by atoms with E-state index >= 15 is 0 Å². The third-order valence-corrected chi connectivity index (χ3v) is 6.10. The van der Waals surface area contributed by atoms with E-state index in [1.54, 1.807) is 66.9 Å². The number of para-hydroxylation sites is 1. The lowest BCUT2D eigenvalue weighted by Gasteiger charge is -2.34. The summed E-state index contributed by atoms with van der Waals surface area (Å²) >= 11 is 3.31. The molecule has 174 valence electrons. The number of halogens is 1. The predicted octanol–water partition coefficient (Wildman–Crippen LogP) is 3.92. The van der Waals surface area contributed by atoms with Crippen molar-refractivity contribution >= 4 is 45.1 Å². The fourth-order valence-corrected chi connectivity index (χ4v) is 3.84. The average molecular weight is 521 g/mol. The van der Waals surface area contributed by atoms with E-state index < -0.39 is 0 Å². The molecule has 34 heavy (non-hydrogen) atoms. The van der Waals surface area contributed by atoms with Crippen LogP contribution in [0, 0.1) is 5.41 Å². The predicted molar refractivity (Wildman–Crippen MR) is 137 cm³/mol. The molecule has 0 saturated carbocycles. The van der Waals surface area contributed by atoms with Crippen molar-refractivity contribution in [3.63, 3.8) is 0 Å². The first kappa shape index (κ1) is 23.6. The van der Waals surface area contributed by atoms with Gasteiger partial charge < -0.3 is 20.4 Å². The van der Waals surface area contributed by atoms with E-state index in [4.69, 9.17) is 5.41 Å². The summed E-state index contributed by atoms with van der Waals surface area (Å²) in [5.74, 6) is 0.165. The molecular formula is C25H25BrN6O2. The van der Waals surface area contributed by atoms with Gasteiger partial charge in [-0.15, -0.1) is 0 Å². The van der Waals surface area contributed by atoms with Crippen molar-refractivity contribution in [3.05, 3.63) is 88.0 Å². The molecule has 2 heterocycles. The van der Waals surface area contributed by atoms with Gasteiger partial charge >= 0.3 is 0 Å². The number of benzene rings is 2. The Hall–Kier alpha value is -3.56. The number of nitrogens with zero attached hydrogens (tertiary/aromatic N) is 3. The Kier molecular flexibility index (Phi) is 7.34. The molecule has 1 fully saturated rings. The first-order valence-corrected chi connectivity index (χ1v) is 11.7. The summed E-state index contributed by atoms with van der Waals surface area (Å²) in [7, 11) is 2.08. The molecule has 1 saturated heterocycles. The number of amidine groups is 1. The smallest absolute Gasteiger partial charge is 0.258 e. The minimum Gasteiger partial charge on any atom is -0.354 e. The monoisotopic (exact) mass is 520 g/mol. The van der Waals surface area contributed by atoms with Crippen molar-refractivity contribution in [2.45, 2.75) is 0 Å². The van der Waals surface area contributed by atoms with Gasteiger partial charge in [-0.25, -0.2) is 4.98 Å². The van der Waals surface area contributed by atoms with Gasteiger partial charge in [0, 0.05) is 48.0 Å². The summed E-state index contributed by atoms with van der Waals surface area (Å²) in [6.45, 7) is 3.47. The van der Waals surface area contributed by atoms with E-state index in [-0.39, 0.29) is 11.8 Å². The average Bonchev–Trinajstić information content (AvgIpc) is 2.86. The van der Waals surface area contributed by atoms with Gasteiger partial charge in [-0.05, 0) is 59.4 Å². The number of hydrogen-bond acceptors (Lipinski definition) is 5. The summed E-state index contributed by atoms with van der Waals surface area (Å²) in [6, 6.07) is 17.2. The molecule has 0 atom stereocenters. The molecule has 9 heteroatoms. The molecule has 2 aromatic carbocycles. The fraction of sp³-hybridized carbons (Fsp3) is 0.200. The highest BCUT2D eigenvalue weighted by Crippen LogP contribution is 2.19. The fourth-order valence-electron chi connectivity index (χ4n) is 3.61. The van der Waals surface area contributed by atoms with Gasteiger partial charge in [-0.3, -0.25) is 15.0 Å². The number of anilines is 2. The van der Waals surface area contributed by atoms with E-state index in [0.29, 0.717) is 28.5 Å². The van der Waals surface area contributed by atoms with E-state index in [2.05, 4.69) is 43.5 Å². The standard InChI is InChI=1S/C25H25BrN6O2/c1-31-12-14-32(15-13-31)23(27)17-6-8-18(9-7-17)24(33)29-21-5-3-2-4-20(21)25(34)30-22-11-10-19(26)16-28-22/h2-11,16,27H,12-15H2,1H3,(H,29,33)(H,28,30,34). The van der Waals surface area contributed by atoms with Crippen LogP contribution in [0.5, 0.6) is 0 Å². The maximum atomic E-state index is 12.9. The Morgan fingerprint density at radius 2 is 1.56 bits per heavy atom. The van der Waals surface area contributed by atoms with Crippen LogP contribution in [-0.2, 0) is 0 Å². The number of hydrogen-bond donors (Lipinski definition) is 3. The number of amides is 2. The van der Waals surface area contributed by atoms with Crippen LogP contribution < -0.4 is 10.6 Å². The molecule has 1 aliphatic heterocycles. The second-order valence-corrected chi connectivity index (χ2v) is 8.95. The molecule has 0 spiro atoms. The number of carbonyl (C=O) groups is 2. The van der Waals surface area contributed by atoms with Crippen molar-refractivity contribution < 1.29 is 9.59 Å². The van der Waals surface area contributed by atoms with Gasteiger partial charge in [0.2, 0.25) is 0 Å². The van der Waals surface area contributed by atoms with Crippen molar-refractivity contribution in [2.24, 2.45) is 0 Å². The largest absolute Gasteiger partial charge is 0.354 e. The number of carbonyl (C=O) groups excluding carboxylic acids is 2. The third-order valence-electron chi connectivity index (χ3n) is 5.63. The van der Waals surface area contributed by atoms with Crippen LogP contribution in [0.25, 0.3) is 0 Å². The highest BCUT2D eigenvalue weighted by Gasteiger charge is 2.19. The molecule has 0 bridgehead atoms. The van der Waals surface area contributed by atoms with Crippen molar-refractivity contribution in [1.82, 2.24) is 14.8 Å². The van der Waals surface area contributed by atoms with Crippen molar-refractivity contribution in [1.29, 1.82) is 5.41 Å². The Morgan fingerprint density at radius 1 is 0.882 bits per heavy atom. The summed E-state index contributed by atoms with van der Waals surface area (Å²) in [5, 5.41) is 14.0. The molecule has 3 aromatic rings. The quantitative estimate of drug-likeness (QED) is 0.349. The normalized spacial score (nSPS) is 13.9. The zero-order valence-electron chi connectivity index (χ0n) is 18.7. The number of piperazine rings is 1. The second kappa shape index (κ2) is 10.6. The molecule has 3 N–H and O–H groups in total. The van der Waals surface area contributed by atoms with Gasteiger partial charge in [-0.1, -0.05) is 24.3 Å². The molecule has 4 rings (SSSR count). The maximum absolute atomic E-state index is 12.9. The van der Waals surface area contributed by atoms with Crippen LogP contribution in [0.3, 0.4) is 0 Å². The highest BCUT2D eigenvalue weighted by molar-refractivity contribution is 9.10. The lowest BCUT2D eigenvalue weighted by molar-refractivity contribution is 0.102. The van der Waals surface area contributed by atoms with Gasteiger partial charge in [-0.2, -0.15) is 0 Å². The summed E-state index contributed by atoms with van der Waals surface area (Å²) in [5.41, 5.74) is 1.94. The summed E-state index contributed by atoms with van der Waals surface area (Å²) < 4.78 is 0.808. The maximum Gasteiger partial charge on any atom is 0.258 e. The van der Waals surface area contributed by atoms with Crippen LogP contribution in [0.4, 0.5) is 11.5 Å².